The molecule has 5 aromatic rings. The van der Waals surface area contributed by atoms with Crippen LogP contribution in [0.2, 0.25) is 0 Å². The number of carbonyl (C=O) groups is 1. The van der Waals surface area contributed by atoms with Crippen LogP contribution >= 0.6 is 11.3 Å². The Morgan fingerprint density at radius 1 is 1.00 bits per heavy atom. The highest BCUT2D eigenvalue weighted by atomic mass is 32.1. The summed E-state index contributed by atoms with van der Waals surface area (Å²) >= 11 is 1.65. The lowest BCUT2D eigenvalue weighted by atomic mass is 9.78. The Balaban J connectivity index is 1.42. The Hall–Kier alpha value is -3.51. The van der Waals surface area contributed by atoms with Crippen molar-refractivity contribution in [2.75, 3.05) is 0 Å². The van der Waals surface area contributed by atoms with Gasteiger partial charge in [0.2, 0.25) is 5.91 Å². The molecule has 0 saturated carbocycles. The SMILES string of the molecule is Cc1cccc2nc(CNC(=O)C(C)(Cc3nc4ccccc4s3)c3ccccc3)cn12. The van der Waals surface area contributed by atoms with E-state index in [-0.39, 0.29) is 5.91 Å². The van der Waals surface area contributed by atoms with E-state index < -0.39 is 5.41 Å². The van der Waals surface area contributed by atoms with E-state index in [0.717, 1.165) is 37.8 Å². The van der Waals surface area contributed by atoms with Gasteiger partial charge >= 0.3 is 0 Å². The number of pyridine rings is 1. The van der Waals surface area contributed by atoms with Gasteiger partial charge in [0.15, 0.2) is 0 Å². The number of hydrogen-bond donors (Lipinski definition) is 1. The minimum atomic E-state index is -0.746. The first-order valence-corrected chi connectivity index (χ1v) is 11.5. The molecule has 1 amide bonds. The quantitative estimate of drug-likeness (QED) is 0.401. The normalized spacial score (nSPS) is 13.3. The number of nitrogens with one attached hydrogen (secondary N) is 1. The van der Waals surface area contributed by atoms with E-state index in [9.17, 15) is 4.79 Å². The second-order valence-electron chi connectivity index (χ2n) is 8.26. The minimum Gasteiger partial charge on any atom is -0.350 e. The van der Waals surface area contributed by atoms with Crippen LogP contribution in [0, 0.1) is 6.92 Å². The first-order valence-electron chi connectivity index (χ1n) is 10.6. The number of para-hydroxylation sites is 1. The third-order valence-corrected chi connectivity index (χ3v) is 6.97. The van der Waals surface area contributed by atoms with Gasteiger partial charge in [0.05, 0.1) is 32.9 Å². The van der Waals surface area contributed by atoms with Gasteiger partial charge in [-0.3, -0.25) is 4.79 Å². The molecule has 32 heavy (non-hydrogen) atoms. The van der Waals surface area contributed by atoms with Crippen LogP contribution in [0.3, 0.4) is 0 Å². The fourth-order valence-electron chi connectivity index (χ4n) is 4.07. The standard InChI is InChI=1S/C26H24N4OS/c1-18-9-8-14-23-28-20(17-30(18)23)16-27-25(31)26(2,19-10-4-3-5-11-19)15-24-29-21-12-6-7-13-22(21)32-24/h3-14,17H,15-16H2,1-2H3,(H,27,31). The molecule has 0 aliphatic carbocycles. The molecule has 0 radical (unpaired) electrons. The largest absolute Gasteiger partial charge is 0.350 e. The van der Waals surface area contributed by atoms with E-state index in [0.29, 0.717) is 13.0 Å². The summed E-state index contributed by atoms with van der Waals surface area (Å²) in [5, 5.41) is 4.09. The third-order valence-electron chi connectivity index (χ3n) is 5.93. The lowest BCUT2D eigenvalue weighted by Crippen LogP contribution is -2.43. The second-order valence-corrected chi connectivity index (χ2v) is 9.38. The van der Waals surface area contributed by atoms with Crippen molar-refractivity contribution in [1.82, 2.24) is 19.7 Å². The maximum atomic E-state index is 13.6. The van der Waals surface area contributed by atoms with Crippen molar-refractivity contribution in [2.24, 2.45) is 0 Å². The maximum absolute atomic E-state index is 13.6. The Morgan fingerprint density at radius 3 is 2.56 bits per heavy atom. The molecule has 160 valence electrons. The molecule has 0 bridgehead atoms. The fraction of sp³-hybridized carbons (Fsp3) is 0.192. The molecule has 5 rings (SSSR count). The molecular weight excluding hydrogens is 416 g/mol. The molecule has 2 aromatic carbocycles. The number of imidazole rings is 1. The van der Waals surface area contributed by atoms with Crippen LogP contribution in [-0.2, 0) is 23.2 Å². The first-order chi connectivity index (χ1) is 15.5. The van der Waals surface area contributed by atoms with Gasteiger partial charge in [-0.25, -0.2) is 9.97 Å². The van der Waals surface area contributed by atoms with Gasteiger partial charge in [-0.1, -0.05) is 48.5 Å². The highest BCUT2D eigenvalue weighted by Gasteiger charge is 2.36. The number of aryl methyl sites for hydroxylation is 1. The summed E-state index contributed by atoms with van der Waals surface area (Å²) in [5.74, 6) is -0.0308. The van der Waals surface area contributed by atoms with Gasteiger partial charge in [0.25, 0.3) is 0 Å². The van der Waals surface area contributed by atoms with Gasteiger partial charge in [-0.2, -0.15) is 0 Å². The molecule has 0 spiro atoms. The van der Waals surface area contributed by atoms with E-state index in [1.54, 1.807) is 11.3 Å². The predicted molar refractivity (Wildman–Crippen MR) is 129 cm³/mol. The molecule has 3 heterocycles. The summed E-state index contributed by atoms with van der Waals surface area (Å²) in [7, 11) is 0. The molecule has 0 aliphatic heterocycles. The van der Waals surface area contributed by atoms with E-state index in [2.05, 4.69) is 16.4 Å². The zero-order chi connectivity index (χ0) is 22.1. The monoisotopic (exact) mass is 440 g/mol. The average molecular weight is 441 g/mol. The Morgan fingerprint density at radius 2 is 1.78 bits per heavy atom. The molecular formula is C26H24N4OS. The number of fused-ring (bicyclic) bond motifs is 2. The average Bonchev–Trinajstić information content (AvgIpc) is 3.42. The lowest BCUT2D eigenvalue weighted by molar-refractivity contribution is -0.126. The van der Waals surface area contributed by atoms with Crippen molar-refractivity contribution in [1.29, 1.82) is 0 Å². The molecule has 1 unspecified atom stereocenters. The molecule has 1 atom stereocenters. The summed E-state index contributed by atoms with van der Waals surface area (Å²) in [4.78, 5) is 23.0. The summed E-state index contributed by atoms with van der Waals surface area (Å²) < 4.78 is 3.18. The van der Waals surface area contributed by atoms with E-state index in [1.807, 2.05) is 91.2 Å². The van der Waals surface area contributed by atoms with Crippen LogP contribution in [0.5, 0.6) is 0 Å². The van der Waals surface area contributed by atoms with Crippen LogP contribution in [-0.4, -0.2) is 20.3 Å². The van der Waals surface area contributed by atoms with Crippen molar-refractivity contribution in [3.63, 3.8) is 0 Å². The number of nitrogens with zero attached hydrogens (tertiary/aromatic N) is 3. The minimum absolute atomic E-state index is 0.0308. The molecule has 0 aliphatic rings. The fourth-order valence-corrected chi connectivity index (χ4v) is 5.19. The maximum Gasteiger partial charge on any atom is 0.231 e. The van der Waals surface area contributed by atoms with E-state index in [4.69, 9.17) is 4.98 Å². The summed E-state index contributed by atoms with van der Waals surface area (Å²) in [6.45, 7) is 4.42. The van der Waals surface area contributed by atoms with Gasteiger partial charge in [-0.15, -0.1) is 11.3 Å². The highest BCUT2D eigenvalue weighted by molar-refractivity contribution is 7.18. The van der Waals surface area contributed by atoms with Gasteiger partial charge in [0, 0.05) is 18.3 Å². The van der Waals surface area contributed by atoms with Crippen molar-refractivity contribution in [2.45, 2.75) is 32.2 Å². The van der Waals surface area contributed by atoms with Crippen LogP contribution in [0.25, 0.3) is 15.9 Å². The van der Waals surface area contributed by atoms with Crippen molar-refractivity contribution < 1.29 is 4.79 Å². The third kappa shape index (κ3) is 3.78. The van der Waals surface area contributed by atoms with E-state index in [1.165, 1.54) is 0 Å². The summed E-state index contributed by atoms with van der Waals surface area (Å²) in [6, 6.07) is 24.1. The van der Waals surface area contributed by atoms with Gasteiger partial charge in [-0.05, 0) is 43.7 Å². The number of benzene rings is 2. The van der Waals surface area contributed by atoms with Crippen molar-refractivity contribution in [3.8, 4) is 0 Å². The Kier molecular flexibility index (Phi) is 5.23. The second kappa shape index (κ2) is 8.20. The van der Waals surface area contributed by atoms with E-state index >= 15 is 0 Å². The van der Waals surface area contributed by atoms with Crippen LogP contribution in [0.1, 0.15) is 28.9 Å². The van der Waals surface area contributed by atoms with Crippen molar-refractivity contribution >= 4 is 33.1 Å². The van der Waals surface area contributed by atoms with Crippen LogP contribution < -0.4 is 5.32 Å². The molecule has 6 heteroatoms. The number of aromatic nitrogens is 3. The zero-order valence-electron chi connectivity index (χ0n) is 18.1. The number of amides is 1. The Labute approximate surface area is 190 Å². The van der Waals surface area contributed by atoms with Gasteiger partial charge in [0.1, 0.15) is 5.65 Å². The molecule has 1 N–H and O–H groups in total. The van der Waals surface area contributed by atoms with Crippen molar-refractivity contribution in [3.05, 3.63) is 101 Å². The highest BCUT2D eigenvalue weighted by Crippen LogP contribution is 2.32. The number of rotatable bonds is 6. The van der Waals surface area contributed by atoms with Crippen LogP contribution in [0.15, 0.2) is 79.0 Å². The number of carbonyl (C=O) groups excluding carboxylic acids is 1. The lowest BCUT2D eigenvalue weighted by Gasteiger charge is -2.28. The first kappa shape index (κ1) is 20.4. The Bertz CT molecular complexity index is 1370. The van der Waals surface area contributed by atoms with Crippen LogP contribution in [0.4, 0.5) is 0 Å². The summed E-state index contributed by atoms with van der Waals surface area (Å²) in [5.41, 5.74) is 4.03. The smallest absolute Gasteiger partial charge is 0.231 e. The topological polar surface area (TPSA) is 59.3 Å². The summed E-state index contributed by atoms with van der Waals surface area (Å²) in [6.07, 6.45) is 2.52. The number of hydrogen-bond acceptors (Lipinski definition) is 4. The number of thiazole rings is 1. The molecule has 3 aromatic heterocycles. The zero-order valence-corrected chi connectivity index (χ0v) is 18.9. The van der Waals surface area contributed by atoms with Gasteiger partial charge < -0.3 is 9.72 Å². The molecule has 5 nitrogen and oxygen atoms in total. The predicted octanol–water partition coefficient (Wildman–Crippen LogP) is 5.07. The molecule has 0 fully saturated rings. The molecule has 0 saturated heterocycles.